The standard InChI is InChI=1S/C19H25N3O2/c1-14(2)13-18(23)22-12-6-9-16(22)10-11-17-20-19(24-21-17)15-7-4-3-5-8-15/h3-5,7-8,14,16H,6,9-13H2,1-2H3. The zero-order valence-corrected chi connectivity index (χ0v) is 14.4. The van der Waals surface area contributed by atoms with Crippen LogP contribution in [-0.4, -0.2) is 33.5 Å². The normalized spacial score (nSPS) is 17.6. The van der Waals surface area contributed by atoms with Crippen molar-refractivity contribution in [2.24, 2.45) is 5.92 Å². The Bertz CT molecular complexity index is 666. The summed E-state index contributed by atoms with van der Waals surface area (Å²) in [5, 5.41) is 4.08. The van der Waals surface area contributed by atoms with Gasteiger partial charge in [0.25, 0.3) is 5.89 Å². The summed E-state index contributed by atoms with van der Waals surface area (Å²) in [6.45, 7) is 5.07. The summed E-state index contributed by atoms with van der Waals surface area (Å²) in [6, 6.07) is 10.1. The van der Waals surface area contributed by atoms with Gasteiger partial charge < -0.3 is 9.42 Å². The van der Waals surface area contributed by atoms with Crippen LogP contribution in [0.1, 0.15) is 45.4 Å². The highest BCUT2D eigenvalue weighted by Gasteiger charge is 2.28. The summed E-state index contributed by atoms with van der Waals surface area (Å²) in [5.74, 6) is 1.97. The minimum absolute atomic E-state index is 0.283. The van der Waals surface area contributed by atoms with Crippen molar-refractivity contribution in [3.05, 3.63) is 36.2 Å². The largest absolute Gasteiger partial charge is 0.340 e. The van der Waals surface area contributed by atoms with Gasteiger partial charge in [-0.05, 0) is 37.3 Å². The predicted molar refractivity (Wildman–Crippen MR) is 92.2 cm³/mol. The van der Waals surface area contributed by atoms with Crippen LogP contribution in [0.3, 0.4) is 0 Å². The highest BCUT2D eigenvalue weighted by atomic mass is 16.5. The maximum absolute atomic E-state index is 12.3. The van der Waals surface area contributed by atoms with Gasteiger partial charge in [0.1, 0.15) is 0 Å². The average molecular weight is 327 g/mol. The number of carbonyl (C=O) groups excluding carboxylic acids is 1. The maximum atomic E-state index is 12.3. The Balaban J connectivity index is 1.57. The van der Waals surface area contributed by atoms with Crippen molar-refractivity contribution < 1.29 is 9.32 Å². The van der Waals surface area contributed by atoms with E-state index in [9.17, 15) is 4.79 Å². The fourth-order valence-electron chi connectivity index (χ4n) is 3.28. The van der Waals surface area contributed by atoms with Gasteiger partial charge in [-0.15, -0.1) is 0 Å². The van der Waals surface area contributed by atoms with Gasteiger partial charge in [0.2, 0.25) is 5.91 Å². The van der Waals surface area contributed by atoms with Crippen LogP contribution in [0.25, 0.3) is 11.5 Å². The molecule has 3 rings (SSSR count). The van der Waals surface area contributed by atoms with Gasteiger partial charge in [-0.3, -0.25) is 4.79 Å². The van der Waals surface area contributed by atoms with Crippen molar-refractivity contribution in [2.45, 2.75) is 52.0 Å². The summed E-state index contributed by atoms with van der Waals surface area (Å²) in [7, 11) is 0. The Morgan fingerprint density at radius 2 is 2.12 bits per heavy atom. The fourth-order valence-corrected chi connectivity index (χ4v) is 3.28. The van der Waals surface area contributed by atoms with E-state index < -0.39 is 0 Å². The second kappa shape index (κ2) is 7.60. The summed E-state index contributed by atoms with van der Waals surface area (Å²) in [4.78, 5) is 18.9. The van der Waals surface area contributed by atoms with Gasteiger partial charge in [-0.1, -0.05) is 37.2 Å². The quantitative estimate of drug-likeness (QED) is 0.811. The molecule has 1 aromatic carbocycles. The number of carbonyl (C=O) groups is 1. The molecule has 128 valence electrons. The number of rotatable bonds is 6. The van der Waals surface area contributed by atoms with E-state index in [1.807, 2.05) is 30.3 Å². The molecule has 1 aliphatic rings. The highest BCUT2D eigenvalue weighted by Crippen LogP contribution is 2.24. The zero-order valence-electron chi connectivity index (χ0n) is 14.4. The summed E-state index contributed by atoms with van der Waals surface area (Å²) in [6.07, 6.45) is 4.45. The lowest BCUT2D eigenvalue weighted by Gasteiger charge is -2.25. The van der Waals surface area contributed by atoms with Gasteiger partial charge in [0.15, 0.2) is 5.82 Å². The molecule has 2 heterocycles. The van der Waals surface area contributed by atoms with Crippen LogP contribution in [0, 0.1) is 5.92 Å². The molecule has 1 aromatic heterocycles. The van der Waals surface area contributed by atoms with E-state index in [1.165, 1.54) is 0 Å². The van der Waals surface area contributed by atoms with Crippen LogP contribution in [-0.2, 0) is 11.2 Å². The number of likely N-dealkylation sites (tertiary alicyclic amines) is 1. The van der Waals surface area contributed by atoms with E-state index in [1.54, 1.807) is 0 Å². The fraction of sp³-hybridized carbons (Fsp3) is 0.526. The van der Waals surface area contributed by atoms with Crippen LogP contribution in [0.4, 0.5) is 0 Å². The first-order valence-electron chi connectivity index (χ1n) is 8.81. The molecule has 1 fully saturated rings. The van der Waals surface area contributed by atoms with Crippen LogP contribution in [0.15, 0.2) is 34.9 Å². The van der Waals surface area contributed by atoms with Crippen molar-refractivity contribution >= 4 is 5.91 Å². The Hall–Kier alpha value is -2.17. The van der Waals surface area contributed by atoms with Gasteiger partial charge in [-0.2, -0.15) is 4.98 Å². The van der Waals surface area contributed by atoms with E-state index in [4.69, 9.17) is 4.52 Å². The number of hydrogen-bond donors (Lipinski definition) is 0. The Morgan fingerprint density at radius 3 is 2.88 bits per heavy atom. The maximum Gasteiger partial charge on any atom is 0.257 e. The molecule has 5 nitrogen and oxygen atoms in total. The minimum Gasteiger partial charge on any atom is -0.340 e. The molecule has 24 heavy (non-hydrogen) atoms. The monoisotopic (exact) mass is 327 g/mol. The van der Waals surface area contributed by atoms with Crippen molar-refractivity contribution in [1.82, 2.24) is 15.0 Å². The van der Waals surface area contributed by atoms with Crippen LogP contribution in [0.5, 0.6) is 0 Å². The summed E-state index contributed by atoms with van der Waals surface area (Å²) < 4.78 is 5.35. The highest BCUT2D eigenvalue weighted by molar-refractivity contribution is 5.77. The van der Waals surface area contributed by atoms with Crippen molar-refractivity contribution in [3.8, 4) is 11.5 Å². The molecule has 0 aliphatic carbocycles. The second-order valence-electron chi connectivity index (χ2n) is 6.90. The molecule has 1 amide bonds. The van der Waals surface area contributed by atoms with Crippen LogP contribution in [0.2, 0.25) is 0 Å². The number of aromatic nitrogens is 2. The molecule has 5 heteroatoms. The smallest absolute Gasteiger partial charge is 0.257 e. The van der Waals surface area contributed by atoms with Gasteiger partial charge in [0, 0.05) is 31.0 Å². The molecule has 2 aromatic rings. The molecule has 0 spiro atoms. The number of aryl methyl sites for hydroxylation is 1. The third-order valence-electron chi connectivity index (χ3n) is 4.47. The predicted octanol–water partition coefficient (Wildman–Crippen LogP) is 3.71. The van der Waals surface area contributed by atoms with E-state index in [-0.39, 0.29) is 5.91 Å². The topological polar surface area (TPSA) is 59.2 Å². The van der Waals surface area contributed by atoms with Crippen molar-refractivity contribution in [2.75, 3.05) is 6.54 Å². The Labute approximate surface area is 143 Å². The first-order valence-corrected chi connectivity index (χ1v) is 8.81. The van der Waals surface area contributed by atoms with Gasteiger partial charge in [-0.25, -0.2) is 0 Å². The Kier molecular flexibility index (Phi) is 5.28. The molecule has 0 saturated carbocycles. The number of amides is 1. The molecular formula is C19H25N3O2. The van der Waals surface area contributed by atoms with E-state index in [2.05, 4.69) is 28.9 Å². The zero-order chi connectivity index (χ0) is 16.9. The lowest BCUT2D eigenvalue weighted by atomic mass is 10.1. The number of hydrogen-bond acceptors (Lipinski definition) is 4. The third kappa shape index (κ3) is 4.02. The van der Waals surface area contributed by atoms with E-state index >= 15 is 0 Å². The van der Waals surface area contributed by atoms with Crippen molar-refractivity contribution in [3.63, 3.8) is 0 Å². The van der Waals surface area contributed by atoms with Gasteiger partial charge in [0.05, 0.1) is 0 Å². The summed E-state index contributed by atoms with van der Waals surface area (Å²) >= 11 is 0. The molecule has 0 N–H and O–H groups in total. The number of benzene rings is 1. The van der Waals surface area contributed by atoms with E-state index in [0.717, 1.165) is 43.6 Å². The SMILES string of the molecule is CC(C)CC(=O)N1CCCC1CCc1noc(-c2ccccc2)n1. The lowest BCUT2D eigenvalue weighted by molar-refractivity contribution is -0.132. The van der Waals surface area contributed by atoms with E-state index in [0.29, 0.717) is 24.3 Å². The molecule has 1 aliphatic heterocycles. The molecule has 0 radical (unpaired) electrons. The third-order valence-corrected chi connectivity index (χ3v) is 4.47. The molecule has 0 bridgehead atoms. The average Bonchev–Trinajstić information content (AvgIpc) is 3.22. The second-order valence-corrected chi connectivity index (χ2v) is 6.90. The Morgan fingerprint density at radius 1 is 1.33 bits per heavy atom. The lowest BCUT2D eigenvalue weighted by Crippen LogP contribution is -2.36. The molecule has 1 unspecified atom stereocenters. The minimum atomic E-state index is 0.283. The first-order chi connectivity index (χ1) is 11.6. The number of nitrogens with zero attached hydrogens (tertiary/aromatic N) is 3. The van der Waals surface area contributed by atoms with Gasteiger partial charge >= 0.3 is 0 Å². The first kappa shape index (κ1) is 16.7. The molecular weight excluding hydrogens is 302 g/mol. The summed E-state index contributed by atoms with van der Waals surface area (Å²) in [5.41, 5.74) is 0.936. The van der Waals surface area contributed by atoms with Crippen LogP contribution >= 0.6 is 0 Å². The molecule has 1 saturated heterocycles. The van der Waals surface area contributed by atoms with Crippen LogP contribution < -0.4 is 0 Å². The van der Waals surface area contributed by atoms with Crippen molar-refractivity contribution in [1.29, 1.82) is 0 Å². The molecule has 1 atom stereocenters.